The van der Waals surface area contributed by atoms with Gasteiger partial charge in [0, 0.05) is 11.0 Å². The second kappa shape index (κ2) is 6.03. The Hall–Kier alpha value is -1.32. The molecule has 0 aliphatic heterocycles. The maximum Gasteiger partial charge on any atom is 0.136 e. The molecule has 18 heavy (non-hydrogen) atoms. The van der Waals surface area contributed by atoms with Crippen LogP contribution in [-0.2, 0) is 0 Å². The Balaban J connectivity index is 2.21. The first-order valence-corrected chi connectivity index (χ1v) is 6.68. The van der Waals surface area contributed by atoms with Gasteiger partial charge in [0.25, 0.3) is 0 Å². The lowest BCUT2D eigenvalue weighted by molar-refractivity contribution is 0.213. The van der Waals surface area contributed by atoms with Crippen LogP contribution in [0.25, 0.3) is 0 Å². The van der Waals surface area contributed by atoms with Crippen molar-refractivity contribution >= 4 is 15.9 Å². The van der Waals surface area contributed by atoms with Crippen molar-refractivity contribution in [3.8, 4) is 5.75 Å². The van der Waals surface area contributed by atoms with Gasteiger partial charge in [0.15, 0.2) is 0 Å². The lowest BCUT2D eigenvalue weighted by Gasteiger charge is -2.19. The average molecular weight is 306 g/mol. The van der Waals surface area contributed by atoms with E-state index in [9.17, 15) is 0 Å². The molecule has 0 aliphatic rings. The normalized spacial score (nSPS) is 12.2. The molecular formula is C15H16BrNO. The van der Waals surface area contributed by atoms with Crippen LogP contribution in [0.3, 0.4) is 0 Å². The summed E-state index contributed by atoms with van der Waals surface area (Å²) < 4.78 is 7.04. The number of nitrogens with two attached hydrogens (primary N) is 1. The van der Waals surface area contributed by atoms with Gasteiger partial charge in [-0.05, 0) is 36.2 Å². The Kier molecular flexibility index (Phi) is 4.39. The zero-order valence-electron chi connectivity index (χ0n) is 10.3. The van der Waals surface area contributed by atoms with Crippen LogP contribution < -0.4 is 10.5 Å². The third-order valence-corrected chi connectivity index (χ3v) is 3.28. The smallest absolute Gasteiger partial charge is 0.136 e. The highest BCUT2D eigenvalue weighted by molar-refractivity contribution is 9.10. The molecule has 2 N–H and O–H groups in total. The standard InChI is InChI=1S/C15H16BrNO/c1-11-9-13(16)7-8-14(11)18-15(10-17)12-5-3-2-4-6-12/h2-9,15H,10,17H2,1H3. The van der Waals surface area contributed by atoms with Gasteiger partial charge < -0.3 is 10.5 Å². The molecule has 0 saturated carbocycles. The molecular weight excluding hydrogens is 290 g/mol. The molecule has 2 aromatic carbocycles. The van der Waals surface area contributed by atoms with Gasteiger partial charge in [0.1, 0.15) is 11.9 Å². The van der Waals surface area contributed by atoms with Gasteiger partial charge in [-0.2, -0.15) is 0 Å². The van der Waals surface area contributed by atoms with Crippen molar-refractivity contribution < 1.29 is 4.74 Å². The molecule has 0 fully saturated rings. The summed E-state index contributed by atoms with van der Waals surface area (Å²) in [5.74, 6) is 0.873. The van der Waals surface area contributed by atoms with Crippen molar-refractivity contribution in [1.82, 2.24) is 0 Å². The van der Waals surface area contributed by atoms with E-state index in [-0.39, 0.29) is 6.10 Å². The molecule has 2 rings (SSSR count). The van der Waals surface area contributed by atoms with Crippen LogP contribution in [0.4, 0.5) is 0 Å². The van der Waals surface area contributed by atoms with E-state index in [0.717, 1.165) is 21.3 Å². The SMILES string of the molecule is Cc1cc(Br)ccc1OC(CN)c1ccccc1. The monoisotopic (exact) mass is 305 g/mol. The fourth-order valence-electron chi connectivity index (χ4n) is 1.82. The van der Waals surface area contributed by atoms with Crippen molar-refractivity contribution in [3.05, 3.63) is 64.1 Å². The number of hydrogen-bond donors (Lipinski definition) is 1. The van der Waals surface area contributed by atoms with Gasteiger partial charge in [-0.15, -0.1) is 0 Å². The fraction of sp³-hybridized carbons (Fsp3) is 0.200. The second-order valence-corrected chi connectivity index (χ2v) is 5.08. The van der Waals surface area contributed by atoms with Crippen LogP contribution in [0.1, 0.15) is 17.2 Å². The van der Waals surface area contributed by atoms with Crippen LogP contribution in [0.15, 0.2) is 53.0 Å². The van der Waals surface area contributed by atoms with E-state index >= 15 is 0 Å². The molecule has 0 saturated heterocycles. The van der Waals surface area contributed by atoms with Crippen LogP contribution >= 0.6 is 15.9 Å². The summed E-state index contributed by atoms with van der Waals surface area (Å²) in [5.41, 5.74) is 7.99. The minimum atomic E-state index is -0.105. The quantitative estimate of drug-likeness (QED) is 0.931. The maximum atomic E-state index is 5.99. The minimum absolute atomic E-state index is 0.105. The summed E-state index contributed by atoms with van der Waals surface area (Å²) in [6.07, 6.45) is -0.105. The highest BCUT2D eigenvalue weighted by Crippen LogP contribution is 2.26. The Morgan fingerprint density at radius 2 is 1.89 bits per heavy atom. The molecule has 0 radical (unpaired) electrons. The Morgan fingerprint density at radius 3 is 2.50 bits per heavy atom. The molecule has 2 aromatic rings. The third kappa shape index (κ3) is 3.12. The predicted molar refractivity (Wildman–Crippen MR) is 77.7 cm³/mol. The van der Waals surface area contributed by atoms with Crippen molar-refractivity contribution in [2.24, 2.45) is 5.73 Å². The molecule has 0 aromatic heterocycles. The zero-order chi connectivity index (χ0) is 13.0. The van der Waals surface area contributed by atoms with E-state index in [1.54, 1.807) is 0 Å². The first kappa shape index (κ1) is 13.1. The number of ether oxygens (including phenoxy) is 1. The highest BCUT2D eigenvalue weighted by Gasteiger charge is 2.12. The number of aryl methyl sites for hydroxylation is 1. The number of hydrogen-bond acceptors (Lipinski definition) is 2. The van der Waals surface area contributed by atoms with Crippen LogP contribution in [0.2, 0.25) is 0 Å². The molecule has 1 atom stereocenters. The molecule has 1 unspecified atom stereocenters. The summed E-state index contributed by atoms with van der Waals surface area (Å²) in [4.78, 5) is 0. The van der Waals surface area contributed by atoms with Crippen LogP contribution in [0, 0.1) is 6.92 Å². The number of benzene rings is 2. The molecule has 3 heteroatoms. The Labute approximate surface area is 116 Å². The summed E-state index contributed by atoms with van der Waals surface area (Å²) in [6, 6.07) is 16.0. The Bertz CT molecular complexity index is 513. The number of rotatable bonds is 4. The molecule has 94 valence electrons. The topological polar surface area (TPSA) is 35.2 Å². The van der Waals surface area contributed by atoms with Gasteiger partial charge >= 0.3 is 0 Å². The molecule has 0 amide bonds. The van der Waals surface area contributed by atoms with Gasteiger partial charge in [-0.25, -0.2) is 0 Å². The van der Waals surface area contributed by atoms with E-state index in [2.05, 4.69) is 15.9 Å². The van der Waals surface area contributed by atoms with E-state index in [0.29, 0.717) is 6.54 Å². The molecule has 0 aliphatic carbocycles. The lowest BCUT2D eigenvalue weighted by Crippen LogP contribution is -2.18. The maximum absolute atomic E-state index is 5.99. The predicted octanol–water partition coefficient (Wildman–Crippen LogP) is 3.84. The molecule has 0 spiro atoms. The highest BCUT2D eigenvalue weighted by atomic mass is 79.9. The summed E-state index contributed by atoms with van der Waals surface area (Å²) in [6.45, 7) is 2.48. The lowest BCUT2D eigenvalue weighted by atomic mass is 10.1. The second-order valence-electron chi connectivity index (χ2n) is 4.16. The van der Waals surface area contributed by atoms with E-state index in [1.807, 2.05) is 55.5 Å². The summed E-state index contributed by atoms with van der Waals surface area (Å²) >= 11 is 3.44. The van der Waals surface area contributed by atoms with Gasteiger partial charge in [-0.3, -0.25) is 0 Å². The van der Waals surface area contributed by atoms with Crippen molar-refractivity contribution in [2.75, 3.05) is 6.54 Å². The van der Waals surface area contributed by atoms with Crippen molar-refractivity contribution in [3.63, 3.8) is 0 Å². The van der Waals surface area contributed by atoms with Crippen molar-refractivity contribution in [2.45, 2.75) is 13.0 Å². The largest absolute Gasteiger partial charge is 0.484 e. The van der Waals surface area contributed by atoms with Crippen LogP contribution in [0.5, 0.6) is 5.75 Å². The van der Waals surface area contributed by atoms with E-state index in [4.69, 9.17) is 10.5 Å². The molecule has 0 heterocycles. The van der Waals surface area contributed by atoms with Gasteiger partial charge in [-0.1, -0.05) is 46.3 Å². The van der Waals surface area contributed by atoms with Crippen LogP contribution in [-0.4, -0.2) is 6.54 Å². The zero-order valence-corrected chi connectivity index (χ0v) is 11.9. The first-order chi connectivity index (χ1) is 8.70. The molecule has 0 bridgehead atoms. The first-order valence-electron chi connectivity index (χ1n) is 5.88. The van der Waals surface area contributed by atoms with E-state index in [1.165, 1.54) is 0 Å². The summed E-state index contributed by atoms with van der Waals surface area (Å²) in [7, 11) is 0. The third-order valence-electron chi connectivity index (χ3n) is 2.79. The van der Waals surface area contributed by atoms with Crippen molar-refractivity contribution in [1.29, 1.82) is 0 Å². The fourth-order valence-corrected chi connectivity index (χ4v) is 2.29. The van der Waals surface area contributed by atoms with E-state index < -0.39 is 0 Å². The minimum Gasteiger partial charge on any atom is -0.484 e. The Morgan fingerprint density at radius 1 is 1.17 bits per heavy atom. The molecule has 2 nitrogen and oxygen atoms in total. The average Bonchev–Trinajstić information content (AvgIpc) is 2.39. The van der Waals surface area contributed by atoms with Gasteiger partial charge in [0.2, 0.25) is 0 Å². The summed E-state index contributed by atoms with van der Waals surface area (Å²) in [5, 5.41) is 0. The number of halogens is 1. The van der Waals surface area contributed by atoms with Gasteiger partial charge in [0.05, 0.1) is 0 Å².